The third kappa shape index (κ3) is 4.32. The van der Waals surface area contributed by atoms with Gasteiger partial charge in [-0.05, 0) is 50.7 Å². The van der Waals surface area contributed by atoms with Crippen molar-refractivity contribution in [1.82, 2.24) is 15.5 Å². The number of nitrogens with zero attached hydrogens (tertiary/aromatic N) is 1. The number of allylic oxidation sites excluding steroid dienone is 1. The Balaban J connectivity index is 2.30. The molecule has 1 aliphatic heterocycles. The first-order valence-corrected chi connectivity index (χ1v) is 8.86. The van der Waals surface area contributed by atoms with Gasteiger partial charge in [0.1, 0.15) is 0 Å². The standard InChI is InChI=1S/C18H24N4O3S/c1-5-19-17(24)20-13-9-7-12(8-10-13)15-14(16(23)25-6-2)11(3)22(4)18(26)21-15/h7-10,15H,5-6H2,1-4H3,(H,21,26)(H2,19,20,24)/t15-/m1/s1. The third-order valence-electron chi connectivity index (χ3n) is 4.09. The number of hydrogen-bond donors (Lipinski definition) is 3. The predicted octanol–water partition coefficient (Wildman–Crippen LogP) is 2.53. The number of nitrogens with one attached hydrogen (secondary N) is 3. The maximum Gasteiger partial charge on any atom is 0.338 e. The van der Waals surface area contributed by atoms with Crippen LogP contribution in [0.5, 0.6) is 0 Å². The summed E-state index contributed by atoms with van der Waals surface area (Å²) in [5, 5.41) is 9.13. The molecule has 2 amide bonds. The molecule has 0 bridgehead atoms. The Kier molecular flexibility index (Phi) is 6.57. The van der Waals surface area contributed by atoms with Crippen molar-refractivity contribution in [2.24, 2.45) is 0 Å². The molecule has 0 aromatic heterocycles. The van der Waals surface area contributed by atoms with Gasteiger partial charge in [0.25, 0.3) is 0 Å². The first-order valence-electron chi connectivity index (χ1n) is 8.45. The normalized spacial score (nSPS) is 16.8. The van der Waals surface area contributed by atoms with E-state index >= 15 is 0 Å². The second kappa shape index (κ2) is 8.66. The molecule has 0 aliphatic carbocycles. The number of rotatable bonds is 5. The molecule has 2 rings (SSSR count). The Morgan fingerprint density at radius 2 is 1.92 bits per heavy atom. The largest absolute Gasteiger partial charge is 0.463 e. The summed E-state index contributed by atoms with van der Waals surface area (Å²) in [6.45, 7) is 6.31. The van der Waals surface area contributed by atoms with Crippen molar-refractivity contribution < 1.29 is 14.3 Å². The Hall–Kier alpha value is -2.61. The van der Waals surface area contributed by atoms with Gasteiger partial charge in [0.05, 0.1) is 18.2 Å². The number of carbonyl (C=O) groups excluding carboxylic acids is 2. The highest BCUT2D eigenvalue weighted by molar-refractivity contribution is 7.80. The van der Waals surface area contributed by atoms with E-state index in [2.05, 4.69) is 16.0 Å². The highest BCUT2D eigenvalue weighted by atomic mass is 32.1. The van der Waals surface area contributed by atoms with Crippen LogP contribution >= 0.6 is 12.2 Å². The van der Waals surface area contributed by atoms with E-state index in [9.17, 15) is 9.59 Å². The Morgan fingerprint density at radius 1 is 1.27 bits per heavy atom. The van der Waals surface area contributed by atoms with E-state index in [-0.39, 0.29) is 12.0 Å². The van der Waals surface area contributed by atoms with Crippen molar-refractivity contribution in [2.75, 3.05) is 25.5 Å². The molecular formula is C18H24N4O3S. The first kappa shape index (κ1) is 19.7. The molecule has 1 atom stereocenters. The molecule has 0 fully saturated rings. The van der Waals surface area contributed by atoms with Gasteiger partial charge >= 0.3 is 12.0 Å². The zero-order chi connectivity index (χ0) is 19.3. The van der Waals surface area contributed by atoms with E-state index < -0.39 is 6.04 Å². The zero-order valence-electron chi connectivity index (χ0n) is 15.4. The molecule has 0 saturated carbocycles. The van der Waals surface area contributed by atoms with Gasteiger partial charge in [-0.25, -0.2) is 9.59 Å². The molecule has 0 unspecified atom stereocenters. The molecule has 0 saturated heterocycles. The van der Waals surface area contributed by atoms with E-state index in [4.69, 9.17) is 17.0 Å². The first-order chi connectivity index (χ1) is 12.4. The summed E-state index contributed by atoms with van der Waals surface area (Å²) >= 11 is 5.36. The lowest BCUT2D eigenvalue weighted by Gasteiger charge is -2.35. The molecule has 8 heteroatoms. The average Bonchev–Trinajstić information content (AvgIpc) is 2.60. The molecule has 1 aliphatic rings. The van der Waals surface area contributed by atoms with Gasteiger partial charge in [-0.1, -0.05) is 12.1 Å². The SMILES string of the molecule is CCNC(=O)Nc1ccc([C@H]2NC(=S)N(C)C(C)=C2C(=O)OCC)cc1. The number of thiocarbonyl (C=S) groups is 1. The van der Waals surface area contributed by atoms with Crippen LogP contribution in [-0.4, -0.2) is 42.2 Å². The van der Waals surface area contributed by atoms with Gasteiger partial charge < -0.3 is 25.6 Å². The van der Waals surface area contributed by atoms with Crippen molar-refractivity contribution in [3.63, 3.8) is 0 Å². The fourth-order valence-electron chi connectivity index (χ4n) is 2.65. The van der Waals surface area contributed by atoms with Gasteiger partial charge in [0.15, 0.2) is 5.11 Å². The van der Waals surface area contributed by atoms with Crippen molar-refractivity contribution >= 4 is 35.0 Å². The number of benzene rings is 1. The van der Waals surface area contributed by atoms with Gasteiger partial charge in [0, 0.05) is 25.0 Å². The number of amides is 2. The summed E-state index contributed by atoms with van der Waals surface area (Å²) in [7, 11) is 1.81. The minimum Gasteiger partial charge on any atom is -0.463 e. The van der Waals surface area contributed by atoms with Crippen LogP contribution in [0.15, 0.2) is 35.5 Å². The van der Waals surface area contributed by atoms with Crippen LogP contribution in [0.1, 0.15) is 32.4 Å². The van der Waals surface area contributed by atoms with E-state index in [1.54, 1.807) is 31.0 Å². The fraction of sp³-hybridized carbons (Fsp3) is 0.389. The van der Waals surface area contributed by atoms with Gasteiger partial charge in [-0.15, -0.1) is 0 Å². The summed E-state index contributed by atoms with van der Waals surface area (Å²) in [6, 6.07) is 6.59. The van der Waals surface area contributed by atoms with Crippen LogP contribution in [-0.2, 0) is 9.53 Å². The number of carbonyl (C=O) groups is 2. The predicted molar refractivity (Wildman–Crippen MR) is 105 cm³/mol. The summed E-state index contributed by atoms with van der Waals surface area (Å²) < 4.78 is 5.22. The van der Waals surface area contributed by atoms with E-state index in [1.807, 2.05) is 26.0 Å². The van der Waals surface area contributed by atoms with Gasteiger partial charge in [-0.3, -0.25) is 0 Å². The summed E-state index contributed by atoms with van der Waals surface area (Å²) in [6.07, 6.45) is 0. The number of ether oxygens (including phenoxy) is 1. The molecule has 1 aromatic carbocycles. The number of esters is 1. The van der Waals surface area contributed by atoms with Gasteiger partial charge in [-0.2, -0.15) is 0 Å². The van der Waals surface area contributed by atoms with Crippen LogP contribution in [0.3, 0.4) is 0 Å². The Labute approximate surface area is 158 Å². The smallest absolute Gasteiger partial charge is 0.338 e. The molecule has 7 nitrogen and oxygen atoms in total. The second-order valence-corrected chi connectivity index (χ2v) is 6.15. The quantitative estimate of drug-likeness (QED) is 0.541. The van der Waals surface area contributed by atoms with Crippen LogP contribution in [0.25, 0.3) is 0 Å². The minimum atomic E-state index is -0.406. The van der Waals surface area contributed by atoms with Gasteiger partial charge in [0.2, 0.25) is 0 Å². The van der Waals surface area contributed by atoms with Crippen molar-refractivity contribution in [2.45, 2.75) is 26.8 Å². The molecule has 1 aromatic rings. The molecule has 3 N–H and O–H groups in total. The lowest BCUT2D eigenvalue weighted by Crippen LogP contribution is -2.46. The highest BCUT2D eigenvalue weighted by Crippen LogP contribution is 2.31. The molecular weight excluding hydrogens is 352 g/mol. The van der Waals surface area contributed by atoms with E-state index in [1.165, 1.54) is 0 Å². The maximum atomic E-state index is 12.5. The number of hydrogen-bond acceptors (Lipinski definition) is 4. The average molecular weight is 376 g/mol. The van der Waals surface area contributed by atoms with Crippen molar-refractivity contribution in [1.29, 1.82) is 0 Å². The van der Waals surface area contributed by atoms with E-state index in [0.717, 1.165) is 11.3 Å². The topological polar surface area (TPSA) is 82.7 Å². The van der Waals surface area contributed by atoms with E-state index in [0.29, 0.717) is 29.5 Å². The monoisotopic (exact) mass is 376 g/mol. The fourth-order valence-corrected chi connectivity index (χ4v) is 2.91. The molecule has 0 radical (unpaired) electrons. The van der Waals surface area contributed by atoms with Crippen molar-refractivity contribution in [3.05, 3.63) is 41.1 Å². The minimum absolute atomic E-state index is 0.262. The summed E-state index contributed by atoms with van der Waals surface area (Å²) in [5.74, 6) is -0.374. The summed E-state index contributed by atoms with van der Waals surface area (Å²) in [5.41, 5.74) is 2.78. The maximum absolute atomic E-state index is 12.5. The Bertz CT molecular complexity index is 730. The Morgan fingerprint density at radius 3 is 2.50 bits per heavy atom. The molecule has 1 heterocycles. The second-order valence-electron chi connectivity index (χ2n) is 5.77. The van der Waals surface area contributed by atoms with Crippen LogP contribution in [0, 0.1) is 0 Å². The van der Waals surface area contributed by atoms with Crippen LogP contribution in [0.2, 0.25) is 0 Å². The molecule has 140 valence electrons. The molecule has 26 heavy (non-hydrogen) atoms. The third-order valence-corrected chi connectivity index (χ3v) is 4.48. The van der Waals surface area contributed by atoms with Crippen molar-refractivity contribution in [3.8, 4) is 0 Å². The highest BCUT2D eigenvalue weighted by Gasteiger charge is 2.33. The lowest BCUT2D eigenvalue weighted by molar-refractivity contribution is -0.139. The van der Waals surface area contributed by atoms with Crippen LogP contribution < -0.4 is 16.0 Å². The summed E-state index contributed by atoms with van der Waals surface area (Å²) in [4.78, 5) is 25.8. The molecule has 0 spiro atoms. The number of urea groups is 1. The lowest BCUT2D eigenvalue weighted by atomic mass is 9.95. The van der Waals surface area contributed by atoms with Crippen LogP contribution in [0.4, 0.5) is 10.5 Å². The zero-order valence-corrected chi connectivity index (χ0v) is 16.2. The number of anilines is 1.